The van der Waals surface area contributed by atoms with Crippen molar-refractivity contribution in [1.29, 1.82) is 0 Å². The van der Waals surface area contributed by atoms with Crippen molar-refractivity contribution < 1.29 is 18.0 Å². The summed E-state index contributed by atoms with van der Waals surface area (Å²) in [5.74, 6) is -0.174. The second kappa shape index (κ2) is 9.92. The molecule has 1 N–H and O–H groups in total. The zero-order valence-corrected chi connectivity index (χ0v) is 21.1. The van der Waals surface area contributed by atoms with Gasteiger partial charge in [0.2, 0.25) is 0 Å². The van der Waals surface area contributed by atoms with E-state index in [1.165, 1.54) is 10.9 Å². The normalized spacial score (nSPS) is 15.6. The molecule has 0 atom stereocenters. The summed E-state index contributed by atoms with van der Waals surface area (Å²) in [6.07, 6.45) is -1.46. The summed E-state index contributed by atoms with van der Waals surface area (Å²) in [6, 6.07) is 5.42. The van der Waals surface area contributed by atoms with E-state index in [-0.39, 0.29) is 28.9 Å². The van der Waals surface area contributed by atoms with Crippen LogP contribution >= 0.6 is 11.6 Å². The van der Waals surface area contributed by atoms with Crippen LogP contribution in [0.2, 0.25) is 5.15 Å². The van der Waals surface area contributed by atoms with Gasteiger partial charge in [-0.05, 0) is 24.7 Å². The molecular weight excluding hydrogens is 509 g/mol. The number of amides is 1. The summed E-state index contributed by atoms with van der Waals surface area (Å²) in [6.45, 7) is 3.18. The Morgan fingerprint density at radius 1 is 1.14 bits per heavy atom. The van der Waals surface area contributed by atoms with Gasteiger partial charge in [0.1, 0.15) is 23.4 Å². The molecule has 1 aromatic carbocycles. The number of carbonyl (C=O) groups excluding carboxylic acids is 1. The Kier molecular flexibility index (Phi) is 6.82. The lowest BCUT2D eigenvalue weighted by Crippen LogP contribution is -2.43. The number of nitrogens with zero attached hydrogens (tertiary/aromatic N) is 7. The van der Waals surface area contributed by atoms with E-state index in [1.807, 2.05) is 12.1 Å². The molecule has 5 rings (SSSR count). The summed E-state index contributed by atoms with van der Waals surface area (Å²) in [7, 11) is 3.78. The highest BCUT2D eigenvalue weighted by atomic mass is 35.5. The quantitative estimate of drug-likeness (QED) is 0.383. The Hall–Kier alpha value is -3.22. The van der Waals surface area contributed by atoms with Gasteiger partial charge in [0.15, 0.2) is 5.15 Å². The van der Waals surface area contributed by atoms with E-state index < -0.39 is 12.7 Å². The number of aromatic nitrogens is 5. The molecule has 13 heteroatoms. The number of nitrogens with one attached hydrogen (secondary N) is 1. The molecule has 4 heterocycles. The van der Waals surface area contributed by atoms with E-state index in [2.05, 4.69) is 37.2 Å². The lowest BCUT2D eigenvalue weighted by Gasteiger charge is -2.32. The van der Waals surface area contributed by atoms with E-state index in [0.29, 0.717) is 28.5 Å². The van der Waals surface area contributed by atoms with Crippen LogP contribution in [0.3, 0.4) is 0 Å². The Balaban J connectivity index is 1.51. The second-order valence-electron chi connectivity index (χ2n) is 9.35. The number of rotatable bonds is 6. The second-order valence-corrected chi connectivity index (χ2v) is 9.70. The number of hydrogen-bond donors (Lipinski definition) is 1. The van der Waals surface area contributed by atoms with Crippen molar-refractivity contribution in [2.45, 2.75) is 25.8 Å². The van der Waals surface area contributed by atoms with Crippen LogP contribution in [0.1, 0.15) is 21.7 Å². The third kappa shape index (κ3) is 5.55. The Bertz CT molecular complexity index is 1460. The molecule has 1 aliphatic rings. The SMILES string of the molecule is CN1CCN(Cc2ccc3c(c2)c2nc(CNC(=O)c4cnn(C)c4)nc(Cl)c2n3CC(F)(F)F)CC1. The number of likely N-dealkylation sites (N-methyl/N-ethyl adjacent to an activating group) is 1. The molecular formula is C24H26ClF3N8O. The van der Waals surface area contributed by atoms with Crippen molar-refractivity contribution in [3.8, 4) is 0 Å². The number of halogens is 4. The van der Waals surface area contributed by atoms with Gasteiger partial charge in [0.05, 0.1) is 23.8 Å². The van der Waals surface area contributed by atoms with Crippen LogP contribution in [-0.2, 0) is 26.7 Å². The molecule has 0 saturated carbocycles. The van der Waals surface area contributed by atoms with Gasteiger partial charge in [0.25, 0.3) is 5.91 Å². The number of benzene rings is 1. The number of alkyl halides is 3. The first-order valence-electron chi connectivity index (χ1n) is 11.8. The fraction of sp³-hybridized carbons (Fsp3) is 0.417. The highest BCUT2D eigenvalue weighted by Crippen LogP contribution is 2.34. The summed E-state index contributed by atoms with van der Waals surface area (Å²) in [4.78, 5) is 25.7. The van der Waals surface area contributed by atoms with Gasteiger partial charge in [-0.15, -0.1) is 0 Å². The van der Waals surface area contributed by atoms with Crippen molar-refractivity contribution in [3.63, 3.8) is 0 Å². The van der Waals surface area contributed by atoms with Gasteiger partial charge >= 0.3 is 6.18 Å². The zero-order chi connectivity index (χ0) is 26.3. The third-order valence-corrected chi connectivity index (χ3v) is 6.74. The molecule has 0 unspecified atom stereocenters. The fourth-order valence-electron chi connectivity index (χ4n) is 4.61. The van der Waals surface area contributed by atoms with Gasteiger partial charge in [-0.2, -0.15) is 18.3 Å². The molecule has 4 aromatic rings. The maximum atomic E-state index is 13.5. The van der Waals surface area contributed by atoms with E-state index >= 15 is 0 Å². The van der Waals surface area contributed by atoms with Crippen LogP contribution in [-0.4, -0.2) is 79.4 Å². The van der Waals surface area contributed by atoms with Crippen LogP contribution < -0.4 is 5.32 Å². The van der Waals surface area contributed by atoms with Crippen LogP contribution in [0.4, 0.5) is 13.2 Å². The van der Waals surface area contributed by atoms with Crippen molar-refractivity contribution in [2.75, 3.05) is 33.2 Å². The topological polar surface area (TPSA) is 84.1 Å². The zero-order valence-electron chi connectivity index (χ0n) is 20.4. The minimum atomic E-state index is -4.46. The molecule has 3 aromatic heterocycles. The van der Waals surface area contributed by atoms with Crippen LogP contribution in [0.15, 0.2) is 30.6 Å². The molecule has 9 nitrogen and oxygen atoms in total. The number of carbonyl (C=O) groups is 1. The molecule has 37 heavy (non-hydrogen) atoms. The molecule has 0 aliphatic carbocycles. The average Bonchev–Trinajstić information content (AvgIpc) is 3.40. The smallest absolute Gasteiger partial charge is 0.345 e. The van der Waals surface area contributed by atoms with Crippen molar-refractivity contribution in [1.82, 2.24) is 39.4 Å². The van der Waals surface area contributed by atoms with Crippen molar-refractivity contribution >= 4 is 39.4 Å². The predicted octanol–water partition coefficient (Wildman–Crippen LogP) is 3.21. The summed E-state index contributed by atoms with van der Waals surface area (Å²) >= 11 is 6.43. The minimum Gasteiger partial charge on any atom is -0.345 e. The van der Waals surface area contributed by atoms with Gasteiger partial charge in [-0.25, -0.2) is 9.97 Å². The maximum Gasteiger partial charge on any atom is 0.406 e. The molecule has 1 aliphatic heterocycles. The Morgan fingerprint density at radius 2 is 1.89 bits per heavy atom. The first-order valence-corrected chi connectivity index (χ1v) is 12.2. The van der Waals surface area contributed by atoms with Gasteiger partial charge < -0.3 is 14.8 Å². The Labute approximate surface area is 215 Å². The highest BCUT2D eigenvalue weighted by Gasteiger charge is 2.31. The van der Waals surface area contributed by atoms with Crippen LogP contribution in [0.5, 0.6) is 0 Å². The van der Waals surface area contributed by atoms with E-state index in [9.17, 15) is 18.0 Å². The lowest BCUT2D eigenvalue weighted by atomic mass is 10.1. The highest BCUT2D eigenvalue weighted by molar-refractivity contribution is 6.34. The molecule has 0 bridgehead atoms. The van der Waals surface area contributed by atoms with Gasteiger partial charge in [-0.3, -0.25) is 14.4 Å². The predicted molar refractivity (Wildman–Crippen MR) is 133 cm³/mol. The van der Waals surface area contributed by atoms with E-state index in [4.69, 9.17) is 11.6 Å². The fourth-order valence-corrected chi connectivity index (χ4v) is 4.90. The third-order valence-electron chi connectivity index (χ3n) is 6.48. The number of hydrogen-bond acceptors (Lipinski definition) is 6. The summed E-state index contributed by atoms with van der Waals surface area (Å²) < 4.78 is 43.1. The minimum absolute atomic E-state index is 0.0453. The largest absolute Gasteiger partial charge is 0.406 e. The van der Waals surface area contributed by atoms with E-state index in [1.54, 1.807) is 19.3 Å². The van der Waals surface area contributed by atoms with Crippen molar-refractivity contribution in [3.05, 3.63) is 52.7 Å². The number of aryl methyl sites for hydroxylation is 1. The summed E-state index contributed by atoms with van der Waals surface area (Å²) in [5, 5.41) is 7.14. The monoisotopic (exact) mass is 534 g/mol. The molecule has 196 valence electrons. The van der Waals surface area contributed by atoms with Crippen LogP contribution in [0.25, 0.3) is 21.9 Å². The van der Waals surface area contributed by atoms with Crippen molar-refractivity contribution in [2.24, 2.45) is 7.05 Å². The van der Waals surface area contributed by atoms with Crippen LogP contribution in [0, 0.1) is 0 Å². The van der Waals surface area contributed by atoms with Gasteiger partial charge in [-0.1, -0.05) is 17.7 Å². The first kappa shape index (κ1) is 25.4. The maximum absolute atomic E-state index is 13.5. The molecule has 0 spiro atoms. The summed E-state index contributed by atoms with van der Waals surface area (Å²) in [5.41, 5.74) is 2.16. The standard InChI is InChI=1S/C24H26ClF3N8O/c1-33-5-7-35(8-6-33)12-15-3-4-18-17(9-15)20-21(36(18)14-24(26,27)28)22(25)32-19(31-20)11-29-23(37)16-10-30-34(2)13-16/h3-4,9-10,13H,5-8,11-12,14H2,1-2H3,(H,29,37). The average molecular weight is 535 g/mol. The Morgan fingerprint density at radius 3 is 2.57 bits per heavy atom. The lowest BCUT2D eigenvalue weighted by molar-refractivity contribution is -0.139. The molecule has 1 amide bonds. The number of fused-ring (bicyclic) bond motifs is 3. The molecule has 1 fully saturated rings. The van der Waals surface area contributed by atoms with E-state index in [0.717, 1.165) is 36.3 Å². The molecule has 1 saturated heterocycles. The number of piperazine rings is 1. The molecule has 0 radical (unpaired) electrons. The van der Waals surface area contributed by atoms with Gasteiger partial charge in [0, 0.05) is 51.4 Å². The first-order chi connectivity index (χ1) is 17.6.